The largest absolute Gasteiger partial charge is 0.493 e. The number of benzene rings is 3. The number of ether oxygens (including phenoxy) is 1. The highest BCUT2D eigenvalue weighted by atomic mass is 16.5. The standard InChI is InChI=1S/C23H22N4O2/c1-2-29-22-12-20-6-4-3-5-19(20)11-21(22)23(28)25-13-17-7-9-18(10-8-17)14-27-16-24-15-26-27/h3-12,15-16H,2,13-14H2,1H3,(H,25,28). The number of aromatic nitrogens is 3. The molecule has 0 bridgehead atoms. The summed E-state index contributed by atoms with van der Waals surface area (Å²) in [7, 11) is 0. The van der Waals surface area contributed by atoms with Crippen molar-refractivity contribution in [1.82, 2.24) is 20.1 Å². The Balaban J connectivity index is 1.45. The first-order chi connectivity index (χ1) is 14.2. The fraction of sp³-hybridized carbons (Fsp3) is 0.174. The molecule has 146 valence electrons. The monoisotopic (exact) mass is 386 g/mol. The van der Waals surface area contributed by atoms with Gasteiger partial charge in [-0.25, -0.2) is 9.67 Å². The van der Waals surface area contributed by atoms with Gasteiger partial charge < -0.3 is 10.1 Å². The normalized spacial score (nSPS) is 10.8. The average Bonchev–Trinajstić information content (AvgIpc) is 3.26. The van der Waals surface area contributed by atoms with Gasteiger partial charge in [0.15, 0.2) is 0 Å². The van der Waals surface area contributed by atoms with E-state index < -0.39 is 0 Å². The lowest BCUT2D eigenvalue weighted by molar-refractivity contribution is 0.0947. The molecule has 0 aliphatic rings. The van der Waals surface area contributed by atoms with E-state index in [1.807, 2.05) is 67.6 Å². The van der Waals surface area contributed by atoms with Gasteiger partial charge in [0.05, 0.1) is 18.7 Å². The molecule has 4 rings (SSSR count). The lowest BCUT2D eigenvalue weighted by Gasteiger charge is -2.12. The van der Waals surface area contributed by atoms with Crippen molar-refractivity contribution in [3.05, 3.63) is 90.0 Å². The fourth-order valence-electron chi connectivity index (χ4n) is 3.21. The lowest BCUT2D eigenvalue weighted by Crippen LogP contribution is -2.23. The van der Waals surface area contributed by atoms with Crippen LogP contribution in [0.4, 0.5) is 0 Å². The van der Waals surface area contributed by atoms with Crippen LogP contribution in [0.3, 0.4) is 0 Å². The first kappa shape index (κ1) is 18.7. The van der Waals surface area contributed by atoms with E-state index in [0.29, 0.717) is 31.0 Å². The molecule has 0 spiro atoms. The summed E-state index contributed by atoms with van der Waals surface area (Å²) >= 11 is 0. The Hall–Kier alpha value is -3.67. The summed E-state index contributed by atoms with van der Waals surface area (Å²) in [5.41, 5.74) is 2.70. The van der Waals surface area contributed by atoms with E-state index in [9.17, 15) is 4.79 Å². The molecular weight excluding hydrogens is 364 g/mol. The highest BCUT2D eigenvalue weighted by molar-refractivity contribution is 6.01. The van der Waals surface area contributed by atoms with Crippen molar-refractivity contribution in [3.8, 4) is 5.75 Å². The highest BCUT2D eigenvalue weighted by Gasteiger charge is 2.14. The van der Waals surface area contributed by atoms with Gasteiger partial charge in [-0.3, -0.25) is 4.79 Å². The summed E-state index contributed by atoms with van der Waals surface area (Å²) in [6, 6.07) is 19.8. The fourth-order valence-corrected chi connectivity index (χ4v) is 3.21. The molecular formula is C23H22N4O2. The minimum atomic E-state index is -0.147. The molecule has 1 N–H and O–H groups in total. The number of hydrogen-bond donors (Lipinski definition) is 1. The third-order valence-electron chi connectivity index (χ3n) is 4.68. The van der Waals surface area contributed by atoms with E-state index >= 15 is 0 Å². The Morgan fingerprint density at radius 3 is 2.45 bits per heavy atom. The summed E-state index contributed by atoms with van der Waals surface area (Å²) in [6.07, 6.45) is 3.21. The predicted octanol–water partition coefficient (Wildman–Crippen LogP) is 3.81. The van der Waals surface area contributed by atoms with Crippen LogP contribution in [0, 0.1) is 0 Å². The van der Waals surface area contributed by atoms with Gasteiger partial charge in [0.25, 0.3) is 5.91 Å². The van der Waals surface area contributed by atoms with Crippen molar-refractivity contribution in [3.63, 3.8) is 0 Å². The van der Waals surface area contributed by atoms with Crippen molar-refractivity contribution in [1.29, 1.82) is 0 Å². The smallest absolute Gasteiger partial charge is 0.255 e. The van der Waals surface area contributed by atoms with Crippen LogP contribution >= 0.6 is 0 Å². The Kier molecular flexibility index (Phi) is 5.52. The second-order valence-corrected chi connectivity index (χ2v) is 6.72. The molecule has 1 amide bonds. The molecule has 0 aliphatic carbocycles. The minimum absolute atomic E-state index is 0.147. The van der Waals surface area contributed by atoms with Crippen molar-refractivity contribution < 1.29 is 9.53 Å². The number of carbonyl (C=O) groups is 1. The van der Waals surface area contributed by atoms with Gasteiger partial charge in [-0.1, -0.05) is 48.5 Å². The van der Waals surface area contributed by atoms with Gasteiger partial charge in [-0.05, 0) is 41.0 Å². The number of fused-ring (bicyclic) bond motifs is 1. The third-order valence-corrected chi connectivity index (χ3v) is 4.68. The predicted molar refractivity (Wildman–Crippen MR) is 112 cm³/mol. The summed E-state index contributed by atoms with van der Waals surface area (Å²) in [6.45, 7) is 3.53. The van der Waals surface area contributed by atoms with Gasteiger partial charge in [0, 0.05) is 6.54 Å². The molecule has 0 saturated carbocycles. The van der Waals surface area contributed by atoms with Crippen molar-refractivity contribution in [2.24, 2.45) is 0 Å². The van der Waals surface area contributed by atoms with Gasteiger partial charge >= 0.3 is 0 Å². The summed E-state index contributed by atoms with van der Waals surface area (Å²) in [5, 5.41) is 9.17. The quantitative estimate of drug-likeness (QED) is 0.524. The Labute approximate surface area is 169 Å². The van der Waals surface area contributed by atoms with Crippen LogP contribution < -0.4 is 10.1 Å². The maximum Gasteiger partial charge on any atom is 0.255 e. The zero-order valence-corrected chi connectivity index (χ0v) is 16.2. The molecule has 1 heterocycles. The molecule has 0 aliphatic heterocycles. The molecule has 3 aromatic carbocycles. The van der Waals surface area contributed by atoms with Crippen LogP contribution in [-0.2, 0) is 13.1 Å². The topological polar surface area (TPSA) is 69.0 Å². The summed E-state index contributed by atoms with van der Waals surface area (Å²) < 4.78 is 7.48. The Bertz CT molecular complexity index is 1110. The molecule has 29 heavy (non-hydrogen) atoms. The van der Waals surface area contributed by atoms with E-state index in [4.69, 9.17) is 4.74 Å². The van der Waals surface area contributed by atoms with Crippen LogP contribution in [0.15, 0.2) is 73.3 Å². The van der Waals surface area contributed by atoms with E-state index in [1.165, 1.54) is 6.33 Å². The molecule has 4 aromatic rings. The van der Waals surface area contributed by atoms with E-state index in [1.54, 1.807) is 11.0 Å². The van der Waals surface area contributed by atoms with Gasteiger partial charge in [-0.15, -0.1) is 0 Å². The molecule has 0 saturated heterocycles. The molecule has 6 heteroatoms. The van der Waals surface area contributed by atoms with Crippen LogP contribution in [0.5, 0.6) is 5.75 Å². The van der Waals surface area contributed by atoms with Crippen molar-refractivity contribution >= 4 is 16.7 Å². The van der Waals surface area contributed by atoms with Gasteiger partial charge in [0.2, 0.25) is 0 Å². The Morgan fingerprint density at radius 1 is 1.03 bits per heavy atom. The zero-order valence-electron chi connectivity index (χ0n) is 16.2. The first-order valence-corrected chi connectivity index (χ1v) is 9.57. The van der Waals surface area contributed by atoms with Gasteiger partial charge in [-0.2, -0.15) is 5.10 Å². The average molecular weight is 386 g/mol. The maximum absolute atomic E-state index is 12.8. The second kappa shape index (κ2) is 8.56. The Morgan fingerprint density at radius 2 is 1.76 bits per heavy atom. The molecule has 0 fully saturated rings. The minimum Gasteiger partial charge on any atom is -0.493 e. The third kappa shape index (κ3) is 4.43. The zero-order chi connectivity index (χ0) is 20.1. The van der Waals surface area contributed by atoms with Crippen LogP contribution in [0.2, 0.25) is 0 Å². The molecule has 0 unspecified atom stereocenters. The van der Waals surface area contributed by atoms with E-state index in [2.05, 4.69) is 15.4 Å². The molecule has 1 aromatic heterocycles. The number of carbonyl (C=O) groups excluding carboxylic acids is 1. The first-order valence-electron chi connectivity index (χ1n) is 9.57. The molecule has 0 atom stereocenters. The van der Waals surface area contributed by atoms with Crippen LogP contribution in [0.25, 0.3) is 10.8 Å². The molecule has 6 nitrogen and oxygen atoms in total. The maximum atomic E-state index is 12.8. The number of amides is 1. The summed E-state index contributed by atoms with van der Waals surface area (Å²) in [5.74, 6) is 0.456. The SMILES string of the molecule is CCOc1cc2ccccc2cc1C(=O)NCc1ccc(Cn2cncn2)cc1. The number of rotatable bonds is 7. The number of nitrogens with one attached hydrogen (secondary N) is 1. The summed E-state index contributed by atoms with van der Waals surface area (Å²) in [4.78, 5) is 16.8. The number of nitrogens with zero attached hydrogens (tertiary/aromatic N) is 3. The van der Waals surface area contributed by atoms with Crippen LogP contribution in [-0.4, -0.2) is 27.3 Å². The van der Waals surface area contributed by atoms with E-state index in [-0.39, 0.29) is 5.91 Å². The molecule has 0 radical (unpaired) electrons. The number of hydrogen-bond acceptors (Lipinski definition) is 4. The van der Waals surface area contributed by atoms with Crippen LogP contribution in [0.1, 0.15) is 28.4 Å². The lowest BCUT2D eigenvalue weighted by atomic mass is 10.0. The van der Waals surface area contributed by atoms with Crippen molar-refractivity contribution in [2.45, 2.75) is 20.0 Å². The van der Waals surface area contributed by atoms with Crippen molar-refractivity contribution in [2.75, 3.05) is 6.61 Å². The highest BCUT2D eigenvalue weighted by Crippen LogP contribution is 2.26. The second-order valence-electron chi connectivity index (χ2n) is 6.72. The van der Waals surface area contributed by atoms with E-state index in [0.717, 1.165) is 21.9 Å². The van der Waals surface area contributed by atoms with Gasteiger partial charge in [0.1, 0.15) is 18.4 Å².